The Morgan fingerprint density at radius 2 is 1.93 bits per heavy atom. The molecule has 0 aromatic heterocycles. The number of aliphatic hydroxyl groups is 1. The number of likely N-dealkylation sites (tertiary alicyclic amines) is 1. The van der Waals surface area contributed by atoms with Crippen LogP contribution in [0.4, 0.5) is 0 Å². The summed E-state index contributed by atoms with van der Waals surface area (Å²) in [6.07, 6.45) is 2.65. The van der Waals surface area contributed by atoms with Gasteiger partial charge in [0.2, 0.25) is 5.91 Å². The molecule has 6 heteroatoms. The monoisotopic (exact) mass is 375 g/mol. The lowest BCUT2D eigenvalue weighted by atomic mass is 9.86. The van der Waals surface area contributed by atoms with Crippen molar-refractivity contribution < 1.29 is 14.6 Å². The van der Waals surface area contributed by atoms with Crippen molar-refractivity contribution >= 4 is 5.91 Å². The molecule has 150 valence electrons. The first-order valence-electron chi connectivity index (χ1n) is 10.1. The van der Waals surface area contributed by atoms with E-state index in [1.807, 2.05) is 17.0 Å². The minimum absolute atomic E-state index is 0.0308. The number of carbonyl (C=O) groups is 1. The number of likely N-dealkylation sites (N-methyl/N-ethyl adjacent to an activating group) is 1. The predicted octanol–water partition coefficient (Wildman–Crippen LogP) is 1.58. The van der Waals surface area contributed by atoms with E-state index in [1.54, 1.807) is 0 Å². The van der Waals surface area contributed by atoms with Crippen LogP contribution in [0.2, 0.25) is 0 Å². The smallest absolute Gasteiger partial charge is 0.222 e. The Labute approximate surface area is 162 Å². The molecule has 1 aromatic carbocycles. The molecule has 2 aliphatic heterocycles. The largest absolute Gasteiger partial charge is 0.491 e. The summed E-state index contributed by atoms with van der Waals surface area (Å²) in [5, 5.41) is 8.85. The van der Waals surface area contributed by atoms with E-state index in [0.29, 0.717) is 18.9 Å². The van der Waals surface area contributed by atoms with Gasteiger partial charge in [-0.2, -0.15) is 0 Å². The summed E-state index contributed by atoms with van der Waals surface area (Å²) in [7, 11) is 2.22. The zero-order valence-electron chi connectivity index (χ0n) is 16.7. The lowest BCUT2D eigenvalue weighted by Gasteiger charge is -2.49. The Kier molecular flexibility index (Phi) is 6.73. The second-order valence-corrected chi connectivity index (χ2v) is 7.80. The summed E-state index contributed by atoms with van der Waals surface area (Å²) in [4.78, 5) is 19.3. The molecular weight excluding hydrogens is 342 g/mol. The number of piperazine rings is 1. The van der Waals surface area contributed by atoms with E-state index in [4.69, 9.17) is 9.84 Å². The molecular formula is C21H33N3O3. The molecule has 0 aliphatic carbocycles. The summed E-state index contributed by atoms with van der Waals surface area (Å²) >= 11 is 0. The van der Waals surface area contributed by atoms with Gasteiger partial charge >= 0.3 is 0 Å². The van der Waals surface area contributed by atoms with Crippen LogP contribution in [0.25, 0.3) is 0 Å². The maximum atomic E-state index is 12.3. The number of hydrogen-bond donors (Lipinski definition) is 1. The van der Waals surface area contributed by atoms with E-state index in [1.165, 1.54) is 5.56 Å². The highest BCUT2D eigenvalue weighted by Crippen LogP contribution is 2.32. The highest BCUT2D eigenvalue weighted by atomic mass is 16.5. The van der Waals surface area contributed by atoms with Crippen LogP contribution in [0, 0.1) is 0 Å². The predicted molar refractivity (Wildman–Crippen MR) is 106 cm³/mol. The van der Waals surface area contributed by atoms with Crippen LogP contribution in [0.3, 0.4) is 0 Å². The van der Waals surface area contributed by atoms with Crippen molar-refractivity contribution in [2.45, 2.75) is 38.3 Å². The maximum absolute atomic E-state index is 12.3. The molecule has 2 heterocycles. The van der Waals surface area contributed by atoms with Crippen LogP contribution in [0.5, 0.6) is 5.75 Å². The first-order chi connectivity index (χ1) is 13.1. The van der Waals surface area contributed by atoms with E-state index >= 15 is 0 Å². The number of rotatable bonds is 6. The van der Waals surface area contributed by atoms with Gasteiger partial charge in [-0.1, -0.05) is 12.1 Å². The molecule has 2 aliphatic rings. The van der Waals surface area contributed by atoms with Gasteiger partial charge in [-0.15, -0.1) is 0 Å². The van der Waals surface area contributed by atoms with Gasteiger partial charge in [0.15, 0.2) is 0 Å². The maximum Gasteiger partial charge on any atom is 0.222 e. The van der Waals surface area contributed by atoms with E-state index in [0.717, 1.165) is 57.9 Å². The van der Waals surface area contributed by atoms with E-state index in [9.17, 15) is 4.79 Å². The highest BCUT2D eigenvalue weighted by Gasteiger charge is 2.41. The first kappa shape index (κ1) is 20.1. The number of nitrogens with zero attached hydrogens (tertiary/aromatic N) is 3. The molecule has 0 radical (unpaired) electrons. The van der Waals surface area contributed by atoms with Gasteiger partial charge in [-0.3, -0.25) is 14.6 Å². The quantitative estimate of drug-likeness (QED) is 0.818. The third-order valence-corrected chi connectivity index (χ3v) is 6.15. The molecule has 0 unspecified atom stereocenters. The van der Waals surface area contributed by atoms with Crippen LogP contribution in [0.1, 0.15) is 31.7 Å². The lowest BCUT2D eigenvalue weighted by molar-refractivity contribution is -0.130. The van der Waals surface area contributed by atoms with Gasteiger partial charge in [0.1, 0.15) is 12.4 Å². The molecule has 0 saturated carbocycles. The molecule has 1 atom stereocenters. The summed E-state index contributed by atoms with van der Waals surface area (Å²) in [6, 6.07) is 8.15. The Morgan fingerprint density at radius 1 is 1.15 bits per heavy atom. The Morgan fingerprint density at radius 3 is 2.63 bits per heavy atom. The average molecular weight is 376 g/mol. The highest BCUT2D eigenvalue weighted by molar-refractivity contribution is 5.76. The number of aliphatic hydroxyl groups excluding tert-OH is 1. The second kappa shape index (κ2) is 9.04. The van der Waals surface area contributed by atoms with E-state index in [-0.39, 0.29) is 12.1 Å². The van der Waals surface area contributed by atoms with Crippen molar-refractivity contribution in [3.8, 4) is 5.75 Å². The fourth-order valence-corrected chi connectivity index (χ4v) is 4.36. The zero-order valence-corrected chi connectivity index (χ0v) is 16.7. The fourth-order valence-electron chi connectivity index (χ4n) is 4.36. The number of amides is 1. The van der Waals surface area contributed by atoms with E-state index < -0.39 is 0 Å². The van der Waals surface area contributed by atoms with Gasteiger partial charge in [0.05, 0.1) is 6.61 Å². The molecule has 1 spiro atoms. The molecule has 1 aromatic rings. The summed E-state index contributed by atoms with van der Waals surface area (Å²) < 4.78 is 5.44. The number of ether oxygens (including phenoxy) is 1. The third-order valence-electron chi connectivity index (χ3n) is 6.15. The molecule has 2 fully saturated rings. The summed E-state index contributed by atoms with van der Waals surface area (Å²) in [6.45, 7) is 8.12. The van der Waals surface area contributed by atoms with Crippen molar-refractivity contribution in [1.82, 2.24) is 14.7 Å². The Hall–Kier alpha value is -1.63. The summed E-state index contributed by atoms with van der Waals surface area (Å²) in [5.41, 5.74) is 1.37. The summed E-state index contributed by atoms with van der Waals surface area (Å²) in [5.74, 6) is 1.10. The zero-order chi connectivity index (χ0) is 19.3. The normalized spacial score (nSPS) is 25.0. The van der Waals surface area contributed by atoms with Gasteiger partial charge in [0.25, 0.3) is 0 Å². The van der Waals surface area contributed by atoms with Crippen molar-refractivity contribution in [2.24, 2.45) is 0 Å². The van der Waals surface area contributed by atoms with Gasteiger partial charge in [-0.05, 0) is 44.5 Å². The third kappa shape index (κ3) is 4.81. The molecule has 6 nitrogen and oxygen atoms in total. The SMILES string of the molecule is CCN1CC[C@]2(CCC1=O)CN(Cc1ccc(OCCO)cc1)CCN2C. The van der Waals surface area contributed by atoms with Crippen molar-refractivity contribution in [3.05, 3.63) is 29.8 Å². The number of hydrogen-bond acceptors (Lipinski definition) is 5. The van der Waals surface area contributed by atoms with Gasteiger partial charge < -0.3 is 14.7 Å². The molecule has 1 N–H and O–H groups in total. The fraction of sp³-hybridized carbons (Fsp3) is 0.667. The van der Waals surface area contributed by atoms with Crippen LogP contribution < -0.4 is 4.74 Å². The Bertz CT molecular complexity index is 622. The van der Waals surface area contributed by atoms with Crippen molar-refractivity contribution in [2.75, 3.05) is 53.0 Å². The van der Waals surface area contributed by atoms with Crippen molar-refractivity contribution in [1.29, 1.82) is 0 Å². The molecule has 27 heavy (non-hydrogen) atoms. The van der Waals surface area contributed by atoms with Gasteiger partial charge in [-0.25, -0.2) is 0 Å². The van der Waals surface area contributed by atoms with E-state index in [2.05, 4.69) is 35.9 Å². The Balaban J connectivity index is 1.63. The molecule has 3 rings (SSSR count). The lowest BCUT2D eigenvalue weighted by Crippen LogP contribution is -2.60. The molecule has 2 saturated heterocycles. The van der Waals surface area contributed by atoms with Gasteiger partial charge in [0, 0.05) is 51.2 Å². The molecule has 0 bridgehead atoms. The van der Waals surface area contributed by atoms with Crippen LogP contribution in [0.15, 0.2) is 24.3 Å². The van der Waals surface area contributed by atoms with Crippen molar-refractivity contribution in [3.63, 3.8) is 0 Å². The second-order valence-electron chi connectivity index (χ2n) is 7.80. The average Bonchev–Trinajstić information content (AvgIpc) is 2.84. The first-order valence-corrected chi connectivity index (χ1v) is 10.1. The number of carbonyl (C=O) groups excluding carboxylic acids is 1. The van der Waals surface area contributed by atoms with Crippen LogP contribution >= 0.6 is 0 Å². The minimum Gasteiger partial charge on any atom is -0.491 e. The number of benzene rings is 1. The topological polar surface area (TPSA) is 56.3 Å². The van der Waals surface area contributed by atoms with Crippen LogP contribution in [-0.2, 0) is 11.3 Å². The standard InChI is InChI=1S/C21H33N3O3/c1-3-24-11-10-21(9-8-20(24)26)17-23(13-12-22(21)2)16-18-4-6-19(7-5-18)27-15-14-25/h4-7,25H,3,8-17H2,1-2H3/t21-/m1/s1. The minimum atomic E-state index is 0.0308. The molecule has 1 amide bonds. The van der Waals surface area contributed by atoms with Crippen LogP contribution in [-0.4, -0.2) is 84.2 Å².